The minimum Gasteiger partial charge on any atom is -0.446 e. The van der Waals surface area contributed by atoms with Gasteiger partial charge in [-0.2, -0.15) is 0 Å². The summed E-state index contributed by atoms with van der Waals surface area (Å²) in [7, 11) is 0. The number of rotatable bonds is 2. The molecule has 7 nitrogen and oxygen atoms in total. The van der Waals surface area contributed by atoms with Crippen molar-refractivity contribution >= 4 is 6.09 Å². The highest BCUT2D eigenvalue weighted by Gasteiger charge is 2.26. The van der Waals surface area contributed by atoms with E-state index in [4.69, 9.17) is 9.57 Å². The van der Waals surface area contributed by atoms with Gasteiger partial charge in [-0.25, -0.2) is 10.3 Å². The summed E-state index contributed by atoms with van der Waals surface area (Å²) >= 11 is 0. The highest BCUT2D eigenvalue weighted by molar-refractivity contribution is 5.68. The molecule has 3 heterocycles. The lowest BCUT2D eigenvalue weighted by Crippen LogP contribution is -2.48. The zero-order chi connectivity index (χ0) is 14.5. The standard InChI is InChI=1S/C14H22N4O3/c19-14(18-9-5-15-6-10-18)21-13-2-7-17(8-3-13)12-1-4-16-20-11-12/h1,4,11,13,15-16H,2-3,5-10H2. The molecule has 0 saturated carbocycles. The molecule has 21 heavy (non-hydrogen) atoms. The lowest BCUT2D eigenvalue weighted by Gasteiger charge is -2.35. The number of allylic oxidation sites excluding steroid dienone is 1. The average Bonchev–Trinajstić information content (AvgIpc) is 2.57. The van der Waals surface area contributed by atoms with Crippen LogP contribution in [0.5, 0.6) is 0 Å². The largest absolute Gasteiger partial charge is 0.446 e. The van der Waals surface area contributed by atoms with Crippen LogP contribution in [0.2, 0.25) is 0 Å². The highest BCUT2D eigenvalue weighted by atomic mass is 16.6. The van der Waals surface area contributed by atoms with Crippen LogP contribution in [0, 0.1) is 0 Å². The van der Waals surface area contributed by atoms with Gasteiger partial charge in [0.2, 0.25) is 0 Å². The minimum absolute atomic E-state index is 0.0239. The van der Waals surface area contributed by atoms with E-state index in [-0.39, 0.29) is 12.2 Å². The number of nitrogens with one attached hydrogen (secondary N) is 2. The molecule has 3 aliphatic heterocycles. The maximum atomic E-state index is 12.1. The summed E-state index contributed by atoms with van der Waals surface area (Å²) in [6.45, 7) is 4.92. The molecule has 116 valence electrons. The molecule has 0 atom stereocenters. The lowest BCUT2D eigenvalue weighted by molar-refractivity contribution is 0.0314. The van der Waals surface area contributed by atoms with Crippen LogP contribution < -0.4 is 10.8 Å². The first-order valence-electron chi connectivity index (χ1n) is 7.52. The summed E-state index contributed by atoms with van der Waals surface area (Å²) in [5, 5.41) is 3.23. The second-order valence-corrected chi connectivity index (χ2v) is 5.42. The van der Waals surface area contributed by atoms with E-state index in [1.807, 2.05) is 6.08 Å². The first-order valence-corrected chi connectivity index (χ1v) is 7.52. The first-order chi connectivity index (χ1) is 10.3. The Balaban J connectivity index is 1.44. The third kappa shape index (κ3) is 3.60. The highest BCUT2D eigenvalue weighted by Crippen LogP contribution is 2.20. The van der Waals surface area contributed by atoms with Crippen molar-refractivity contribution in [2.24, 2.45) is 0 Å². The number of hydrogen-bond donors (Lipinski definition) is 2. The fourth-order valence-corrected chi connectivity index (χ4v) is 2.77. The van der Waals surface area contributed by atoms with Gasteiger partial charge in [-0.05, 0) is 6.08 Å². The average molecular weight is 294 g/mol. The summed E-state index contributed by atoms with van der Waals surface area (Å²) < 4.78 is 5.62. The Labute approximate surface area is 124 Å². The zero-order valence-electron chi connectivity index (χ0n) is 12.1. The zero-order valence-corrected chi connectivity index (χ0v) is 12.1. The van der Waals surface area contributed by atoms with Gasteiger partial charge in [0.05, 0.1) is 5.70 Å². The van der Waals surface area contributed by atoms with Crippen LogP contribution in [0.3, 0.4) is 0 Å². The molecule has 0 spiro atoms. The SMILES string of the molecule is O=C(OC1CCN(C2=CONC=C2)CC1)N1CCNCC1. The molecule has 0 aromatic carbocycles. The van der Waals surface area contributed by atoms with E-state index >= 15 is 0 Å². The van der Waals surface area contributed by atoms with Crippen molar-refractivity contribution in [1.82, 2.24) is 20.6 Å². The predicted molar refractivity (Wildman–Crippen MR) is 77.0 cm³/mol. The number of ether oxygens (including phenoxy) is 1. The van der Waals surface area contributed by atoms with Crippen molar-refractivity contribution in [2.75, 3.05) is 39.3 Å². The van der Waals surface area contributed by atoms with Gasteiger partial charge < -0.3 is 24.7 Å². The molecule has 3 aliphatic rings. The fraction of sp³-hybridized carbons (Fsp3) is 0.643. The Morgan fingerprint density at radius 3 is 2.67 bits per heavy atom. The number of carbonyl (C=O) groups is 1. The summed E-state index contributed by atoms with van der Waals surface area (Å²) in [5.74, 6) is 0. The van der Waals surface area contributed by atoms with E-state index in [1.165, 1.54) is 0 Å². The molecule has 0 bridgehead atoms. The topological polar surface area (TPSA) is 66.1 Å². The number of nitrogens with zero attached hydrogens (tertiary/aromatic N) is 2. The Morgan fingerprint density at radius 1 is 1.24 bits per heavy atom. The van der Waals surface area contributed by atoms with Gasteiger partial charge in [-0.3, -0.25) is 0 Å². The number of likely N-dealkylation sites (tertiary alicyclic amines) is 1. The van der Waals surface area contributed by atoms with Crippen molar-refractivity contribution in [3.8, 4) is 0 Å². The normalized spacial score (nSPS) is 23.1. The monoisotopic (exact) mass is 294 g/mol. The fourth-order valence-electron chi connectivity index (χ4n) is 2.77. The number of piperazine rings is 1. The molecule has 0 aromatic rings. The van der Waals surface area contributed by atoms with Crippen molar-refractivity contribution in [3.63, 3.8) is 0 Å². The third-order valence-corrected chi connectivity index (χ3v) is 4.02. The smallest absolute Gasteiger partial charge is 0.410 e. The molecule has 0 aromatic heterocycles. The number of amides is 1. The van der Waals surface area contributed by atoms with Gasteiger partial charge in [0, 0.05) is 58.3 Å². The van der Waals surface area contributed by atoms with Crippen LogP contribution >= 0.6 is 0 Å². The second-order valence-electron chi connectivity index (χ2n) is 5.42. The summed E-state index contributed by atoms with van der Waals surface area (Å²) in [6, 6.07) is 0. The van der Waals surface area contributed by atoms with E-state index in [2.05, 4.69) is 15.7 Å². The second kappa shape index (κ2) is 6.71. The van der Waals surface area contributed by atoms with Crippen molar-refractivity contribution in [1.29, 1.82) is 0 Å². The van der Waals surface area contributed by atoms with Crippen molar-refractivity contribution in [3.05, 3.63) is 24.2 Å². The van der Waals surface area contributed by atoms with E-state index < -0.39 is 0 Å². The van der Waals surface area contributed by atoms with Crippen LogP contribution in [0.15, 0.2) is 24.2 Å². The number of hydrogen-bond acceptors (Lipinski definition) is 6. The van der Waals surface area contributed by atoms with Crippen LogP contribution in [0.25, 0.3) is 0 Å². The predicted octanol–water partition coefficient (Wildman–Crippen LogP) is 0.383. The van der Waals surface area contributed by atoms with E-state index in [1.54, 1.807) is 17.4 Å². The maximum Gasteiger partial charge on any atom is 0.410 e. The molecule has 0 radical (unpaired) electrons. The molecule has 2 saturated heterocycles. The van der Waals surface area contributed by atoms with Crippen molar-refractivity contribution < 1.29 is 14.4 Å². The van der Waals surface area contributed by atoms with Crippen LogP contribution in [-0.2, 0) is 9.57 Å². The van der Waals surface area contributed by atoms with Gasteiger partial charge in [0.1, 0.15) is 12.4 Å². The van der Waals surface area contributed by atoms with Gasteiger partial charge in [-0.15, -0.1) is 0 Å². The maximum absolute atomic E-state index is 12.1. The first kappa shape index (κ1) is 14.1. The molecule has 0 unspecified atom stereocenters. The van der Waals surface area contributed by atoms with Crippen LogP contribution in [0.1, 0.15) is 12.8 Å². The Bertz CT molecular complexity index is 424. The third-order valence-electron chi connectivity index (χ3n) is 4.02. The molecule has 2 fully saturated rings. The summed E-state index contributed by atoms with van der Waals surface area (Å²) in [6.07, 6.45) is 7.03. The molecular weight excluding hydrogens is 272 g/mol. The summed E-state index contributed by atoms with van der Waals surface area (Å²) in [4.78, 5) is 21.2. The van der Waals surface area contributed by atoms with Crippen molar-refractivity contribution in [2.45, 2.75) is 18.9 Å². The van der Waals surface area contributed by atoms with E-state index in [9.17, 15) is 4.79 Å². The molecule has 3 rings (SSSR count). The molecule has 1 amide bonds. The number of hydroxylamine groups is 1. The van der Waals surface area contributed by atoms with Crippen LogP contribution in [0.4, 0.5) is 4.79 Å². The molecule has 7 heteroatoms. The Morgan fingerprint density at radius 2 is 2.00 bits per heavy atom. The number of carbonyl (C=O) groups excluding carboxylic acids is 1. The Kier molecular flexibility index (Phi) is 4.49. The molecule has 0 aliphatic carbocycles. The number of piperidine rings is 1. The lowest BCUT2D eigenvalue weighted by atomic mass is 10.1. The van der Waals surface area contributed by atoms with E-state index in [0.29, 0.717) is 0 Å². The quantitative estimate of drug-likeness (QED) is 0.768. The van der Waals surface area contributed by atoms with E-state index in [0.717, 1.165) is 57.8 Å². The molecular formula is C14H22N4O3. The Hall–Kier alpha value is -1.89. The van der Waals surface area contributed by atoms with Gasteiger partial charge in [0.15, 0.2) is 0 Å². The minimum atomic E-state index is -0.167. The van der Waals surface area contributed by atoms with Gasteiger partial charge >= 0.3 is 6.09 Å². The molecule has 2 N–H and O–H groups in total. The summed E-state index contributed by atoms with van der Waals surface area (Å²) in [5.41, 5.74) is 3.72. The van der Waals surface area contributed by atoms with Gasteiger partial charge in [0.25, 0.3) is 0 Å². The van der Waals surface area contributed by atoms with Crippen LogP contribution in [-0.4, -0.2) is 61.3 Å². The van der Waals surface area contributed by atoms with Gasteiger partial charge in [-0.1, -0.05) is 0 Å².